The summed E-state index contributed by atoms with van der Waals surface area (Å²) in [4.78, 5) is 28.3. The molecule has 0 spiro atoms. The largest absolute Gasteiger partial charge is 0.497 e. The summed E-state index contributed by atoms with van der Waals surface area (Å²) in [5.74, 6) is 0.702. The normalized spacial score (nSPS) is 11.5. The van der Waals surface area contributed by atoms with Crippen LogP contribution in [0.4, 0.5) is 0 Å². The second-order valence-corrected chi connectivity index (χ2v) is 8.58. The molecule has 0 bridgehead atoms. The fraction of sp³-hybridized carbons (Fsp3) is 0.259. The van der Waals surface area contributed by atoms with Gasteiger partial charge in [-0.3, -0.25) is 4.79 Å². The number of hydrogen-bond acceptors (Lipinski definition) is 5. The molecule has 7 nitrogen and oxygen atoms in total. The summed E-state index contributed by atoms with van der Waals surface area (Å²) in [6.45, 7) is 4.39. The highest BCUT2D eigenvalue weighted by molar-refractivity contribution is 5.96. The molecule has 5 rings (SSSR count). The number of methoxy groups -OCH3 is 1. The van der Waals surface area contributed by atoms with Crippen molar-refractivity contribution in [3.63, 3.8) is 0 Å². The molecule has 0 aliphatic heterocycles. The molecule has 3 heterocycles. The van der Waals surface area contributed by atoms with Gasteiger partial charge in [0.15, 0.2) is 0 Å². The lowest BCUT2D eigenvalue weighted by Crippen LogP contribution is -2.26. The number of nitrogens with one attached hydrogen (secondary N) is 2. The van der Waals surface area contributed by atoms with Crippen molar-refractivity contribution >= 4 is 38.7 Å². The van der Waals surface area contributed by atoms with Crippen LogP contribution in [0.2, 0.25) is 0 Å². The average Bonchev–Trinajstić information content (AvgIpc) is 3.40. The van der Waals surface area contributed by atoms with Crippen LogP contribution in [0, 0.1) is 13.8 Å². The maximum Gasteiger partial charge on any atom is 0.339 e. The van der Waals surface area contributed by atoms with Gasteiger partial charge < -0.3 is 23.9 Å². The molecule has 0 aliphatic rings. The van der Waals surface area contributed by atoms with E-state index in [0.717, 1.165) is 44.1 Å². The number of carbonyl (C=O) groups is 1. The Morgan fingerprint density at radius 2 is 1.91 bits per heavy atom. The van der Waals surface area contributed by atoms with Gasteiger partial charge in [0, 0.05) is 58.5 Å². The van der Waals surface area contributed by atoms with E-state index in [0.29, 0.717) is 36.1 Å². The minimum Gasteiger partial charge on any atom is -0.497 e. The Morgan fingerprint density at radius 3 is 2.74 bits per heavy atom. The van der Waals surface area contributed by atoms with Crippen LogP contribution < -0.4 is 15.7 Å². The van der Waals surface area contributed by atoms with E-state index >= 15 is 0 Å². The van der Waals surface area contributed by atoms with Gasteiger partial charge in [-0.15, -0.1) is 0 Å². The van der Waals surface area contributed by atoms with Crippen molar-refractivity contribution in [2.75, 3.05) is 13.7 Å². The minimum atomic E-state index is -0.408. The van der Waals surface area contributed by atoms with Crippen molar-refractivity contribution in [1.29, 1.82) is 0 Å². The van der Waals surface area contributed by atoms with E-state index < -0.39 is 5.63 Å². The molecule has 7 heteroatoms. The van der Waals surface area contributed by atoms with Gasteiger partial charge in [-0.25, -0.2) is 4.79 Å². The van der Waals surface area contributed by atoms with Gasteiger partial charge in [-0.05, 0) is 61.6 Å². The Morgan fingerprint density at radius 1 is 1.06 bits per heavy atom. The van der Waals surface area contributed by atoms with Crippen molar-refractivity contribution in [3.05, 3.63) is 75.5 Å². The van der Waals surface area contributed by atoms with Gasteiger partial charge in [0.05, 0.1) is 13.4 Å². The maximum atomic E-state index is 12.6. The predicted molar refractivity (Wildman–Crippen MR) is 132 cm³/mol. The molecule has 174 valence electrons. The van der Waals surface area contributed by atoms with E-state index in [4.69, 9.17) is 13.6 Å². The van der Waals surface area contributed by atoms with E-state index in [2.05, 4.69) is 10.3 Å². The van der Waals surface area contributed by atoms with Crippen molar-refractivity contribution in [2.24, 2.45) is 0 Å². The molecule has 0 aliphatic carbocycles. The first-order valence-corrected chi connectivity index (χ1v) is 11.3. The molecular weight excluding hydrogens is 432 g/mol. The number of hydrogen-bond donors (Lipinski definition) is 2. The van der Waals surface area contributed by atoms with Gasteiger partial charge in [0.2, 0.25) is 5.91 Å². The molecule has 0 atom stereocenters. The number of carbonyl (C=O) groups excluding carboxylic acids is 1. The number of aromatic amines is 1. The summed E-state index contributed by atoms with van der Waals surface area (Å²) < 4.78 is 16.3. The summed E-state index contributed by atoms with van der Waals surface area (Å²) in [7, 11) is 1.64. The van der Waals surface area contributed by atoms with Gasteiger partial charge in [0.25, 0.3) is 0 Å². The zero-order valence-corrected chi connectivity index (χ0v) is 19.4. The molecule has 0 saturated carbocycles. The summed E-state index contributed by atoms with van der Waals surface area (Å²) in [6.07, 6.45) is 4.89. The number of rotatable bonds is 7. The van der Waals surface area contributed by atoms with E-state index in [1.54, 1.807) is 19.4 Å². The number of furan rings is 1. The molecule has 5 aromatic rings. The molecule has 2 aromatic carbocycles. The fourth-order valence-corrected chi connectivity index (χ4v) is 4.49. The van der Waals surface area contributed by atoms with Crippen LogP contribution in [0.5, 0.6) is 5.75 Å². The Labute approximate surface area is 195 Å². The van der Waals surface area contributed by atoms with Crippen LogP contribution in [0.25, 0.3) is 32.8 Å². The highest BCUT2D eigenvalue weighted by Crippen LogP contribution is 2.29. The van der Waals surface area contributed by atoms with Crippen LogP contribution >= 0.6 is 0 Å². The number of aryl methyl sites for hydroxylation is 2. The first kappa shape index (κ1) is 21.8. The number of benzene rings is 2. The number of ether oxygens (including phenoxy) is 1. The lowest BCUT2D eigenvalue weighted by molar-refractivity contribution is -0.121. The van der Waals surface area contributed by atoms with Gasteiger partial charge in [-0.2, -0.15) is 0 Å². The molecule has 2 N–H and O–H groups in total. The van der Waals surface area contributed by atoms with Crippen molar-refractivity contribution in [2.45, 2.75) is 33.1 Å². The second kappa shape index (κ2) is 8.74. The Balaban J connectivity index is 1.24. The van der Waals surface area contributed by atoms with Crippen molar-refractivity contribution in [1.82, 2.24) is 10.3 Å². The van der Waals surface area contributed by atoms with Crippen LogP contribution in [0.1, 0.15) is 28.7 Å². The minimum absolute atomic E-state index is 0.0958. The monoisotopic (exact) mass is 458 g/mol. The summed E-state index contributed by atoms with van der Waals surface area (Å²) >= 11 is 0. The average molecular weight is 459 g/mol. The number of H-pyrrole nitrogens is 1. The lowest BCUT2D eigenvalue weighted by Gasteiger charge is -2.09. The molecule has 34 heavy (non-hydrogen) atoms. The quantitative estimate of drug-likeness (QED) is 0.337. The van der Waals surface area contributed by atoms with Gasteiger partial charge in [-0.1, -0.05) is 0 Å². The predicted octanol–water partition coefficient (Wildman–Crippen LogP) is 4.94. The third-order valence-corrected chi connectivity index (χ3v) is 6.47. The highest BCUT2D eigenvalue weighted by Gasteiger charge is 2.15. The van der Waals surface area contributed by atoms with E-state index in [1.165, 1.54) is 0 Å². The Bertz CT molecular complexity index is 1590. The van der Waals surface area contributed by atoms with Crippen LogP contribution in [-0.2, 0) is 17.6 Å². The fourth-order valence-electron chi connectivity index (χ4n) is 4.49. The molecule has 0 saturated heterocycles. The third-order valence-electron chi connectivity index (χ3n) is 6.47. The molecule has 3 aromatic heterocycles. The maximum absolute atomic E-state index is 12.6. The smallest absolute Gasteiger partial charge is 0.339 e. The Kier molecular flexibility index (Phi) is 5.61. The number of fused-ring (bicyclic) bond motifs is 3. The topological polar surface area (TPSA) is 97.5 Å². The first-order valence-electron chi connectivity index (χ1n) is 11.3. The van der Waals surface area contributed by atoms with Gasteiger partial charge >= 0.3 is 5.63 Å². The standard InChI is InChI=1S/C27H26N2O5/c1-15-14-33-24-12-25-22(11-21(15)24)16(2)19(27(31)34-25)6-7-26(30)28-9-8-17-13-29-23-10-18(32-3)4-5-20(17)23/h4-5,10-14,29H,6-9H2,1-3H3,(H,28,30). The molecule has 0 fully saturated rings. The second-order valence-electron chi connectivity index (χ2n) is 8.58. The zero-order chi connectivity index (χ0) is 23.8. The molecule has 0 unspecified atom stereocenters. The number of aromatic nitrogens is 1. The summed E-state index contributed by atoms with van der Waals surface area (Å²) in [5.41, 5.74) is 5.31. The van der Waals surface area contributed by atoms with Crippen molar-refractivity contribution in [3.8, 4) is 5.75 Å². The first-order chi connectivity index (χ1) is 16.4. The van der Waals surface area contributed by atoms with Crippen molar-refractivity contribution < 1.29 is 18.4 Å². The molecule has 1 amide bonds. The lowest BCUT2D eigenvalue weighted by atomic mass is 10.0. The van der Waals surface area contributed by atoms with Crippen LogP contribution in [0.15, 0.2) is 56.4 Å². The summed E-state index contributed by atoms with van der Waals surface area (Å²) in [6, 6.07) is 9.64. The Hall–Kier alpha value is -4.00. The number of amides is 1. The van der Waals surface area contributed by atoms with Crippen LogP contribution in [-0.4, -0.2) is 24.5 Å². The van der Waals surface area contributed by atoms with E-state index in [9.17, 15) is 9.59 Å². The van der Waals surface area contributed by atoms with Crippen LogP contribution in [0.3, 0.4) is 0 Å². The van der Waals surface area contributed by atoms with E-state index in [-0.39, 0.29) is 12.3 Å². The zero-order valence-electron chi connectivity index (χ0n) is 19.4. The molecular formula is C27H26N2O5. The third kappa shape index (κ3) is 3.94. The SMILES string of the molecule is COc1ccc2c(CCNC(=O)CCc3c(C)c4cc5c(C)coc5cc4oc3=O)c[nH]c2c1. The van der Waals surface area contributed by atoms with E-state index in [1.807, 2.05) is 44.3 Å². The summed E-state index contributed by atoms with van der Waals surface area (Å²) in [5, 5.41) is 5.93. The van der Waals surface area contributed by atoms with Gasteiger partial charge in [0.1, 0.15) is 16.9 Å². The highest BCUT2D eigenvalue weighted by atomic mass is 16.5. The molecule has 0 radical (unpaired) electrons.